The van der Waals surface area contributed by atoms with Gasteiger partial charge in [-0.05, 0) is 44.9 Å². The number of aliphatic carboxylic acids is 1. The van der Waals surface area contributed by atoms with Gasteiger partial charge in [0.25, 0.3) is 5.91 Å². The molecule has 6 nitrogen and oxygen atoms in total. The van der Waals surface area contributed by atoms with Gasteiger partial charge in [-0.3, -0.25) is 9.48 Å². The molecule has 1 amide bonds. The first-order chi connectivity index (χ1) is 11.2. The summed E-state index contributed by atoms with van der Waals surface area (Å²) >= 11 is 0. The van der Waals surface area contributed by atoms with Crippen molar-refractivity contribution in [2.24, 2.45) is 0 Å². The van der Waals surface area contributed by atoms with Crippen molar-refractivity contribution in [1.29, 1.82) is 0 Å². The molecular formula is C17H20FN3O3. The second kappa shape index (κ2) is 6.82. The smallest absolute Gasteiger partial charge is 0.330 e. The molecule has 0 saturated carbocycles. The van der Waals surface area contributed by atoms with E-state index in [-0.39, 0.29) is 6.04 Å². The van der Waals surface area contributed by atoms with Gasteiger partial charge < -0.3 is 10.4 Å². The van der Waals surface area contributed by atoms with Crippen LogP contribution in [0.5, 0.6) is 0 Å². The number of carboxylic acids is 1. The number of hydrogen-bond acceptors (Lipinski definition) is 3. The number of halogens is 1. The summed E-state index contributed by atoms with van der Waals surface area (Å²) in [5.74, 6) is -2.18. The van der Waals surface area contributed by atoms with Gasteiger partial charge in [0.05, 0.1) is 11.8 Å². The SMILES string of the molecule is Cc1cc(C(NC(=O)c2cnn(C(C)C)c2C)C(=O)O)ccc1F. The number of aromatic nitrogens is 2. The lowest BCUT2D eigenvalue weighted by Crippen LogP contribution is -2.34. The van der Waals surface area contributed by atoms with Crippen LogP contribution in [-0.4, -0.2) is 26.8 Å². The number of amides is 1. The molecule has 0 radical (unpaired) electrons. The molecule has 1 aromatic carbocycles. The van der Waals surface area contributed by atoms with E-state index in [0.29, 0.717) is 22.4 Å². The molecule has 0 aliphatic heterocycles. The van der Waals surface area contributed by atoms with Crippen LogP contribution in [0.15, 0.2) is 24.4 Å². The molecule has 0 spiro atoms. The highest BCUT2D eigenvalue weighted by Crippen LogP contribution is 2.19. The predicted molar refractivity (Wildman–Crippen MR) is 86.3 cm³/mol. The monoisotopic (exact) mass is 333 g/mol. The van der Waals surface area contributed by atoms with Crippen LogP contribution < -0.4 is 5.32 Å². The number of carboxylic acid groups (broad SMARTS) is 1. The lowest BCUT2D eigenvalue weighted by molar-refractivity contribution is -0.139. The van der Waals surface area contributed by atoms with Gasteiger partial charge in [0.15, 0.2) is 6.04 Å². The van der Waals surface area contributed by atoms with Crippen molar-refractivity contribution in [1.82, 2.24) is 15.1 Å². The van der Waals surface area contributed by atoms with Gasteiger partial charge in [-0.25, -0.2) is 9.18 Å². The van der Waals surface area contributed by atoms with Crippen molar-refractivity contribution in [2.75, 3.05) is 0 Å². The number of nitrogens with one attached hydrogen (secondary N) is 1. The third kappa shape index (κ3) is 3.45. The molecule has 0 fully saturated rings. The Bertz CT molecular complexity index is 783. The molecule has 24 heavy (non-hydrogen) atoms. The zero-order valence-corrected chi connectivity index (χ0v) is 14.0. The van der Waals surface area contributed by atoms with Crippen molar-refractivity contribution in [3.8, 4) is 0 Å². The molecule has 0 aliphatic carbocycles. The lowest BCUT2D eigenvalue weighted by Gasteiger charge is -2.16. The van der Waals surface area contributed by atoms with Crippen LogP contribution in [0.2, 0.25) is 0 Å². The fourth-order valence-corrected chi connectivity index (χ4v) is 2.51. The first-order valence-electron chi connectivity index (χ1n) is 7.56. The first-order valence-corrected chi connectivity index (χ1v) is 7.56. The third-order valence-corrected chi connectivity index (χ3v) is 3.82. The fraction of sp³-hybridized carbons (Fsp3) is 0.353. The maximum atomic E-state index is 13.4. The molecule has 2 rings (SSSR count). The van der Waals surface area contributed by atoms with Crippen LogP contribution in [0.4, 0.5) is 4.39 Å². The molecule has 7 heteroatoms. The molecule has 1 unspecified atom stereocenters. The molecule has 1 aromatic heterocycles. The second-order valence-electron chi connectivity index (χ2n) is 5.94. The third-order valence-electron chi connectivity index (χ3n) is 3.82. The van der Waals surface area contributed by atoms with Crippen molar-refractivity contribution < 1.29 is 19.1 Å². The Hall–Kier alpha value is -2.70. The Morgan fingerprint density at radius 3 is 2.46 bits per heavy atom. The van der Waals surface area contributed by atoms with Gasteiger partial charge >= 0.3 is 5.97 Å². The van der Waals surface area contributed by atoms with E-state index in [1.165, 1.54) is 31.3 Å². The normalized spacial score (nSPS) is 12.2. The Morgan fingerprint density at radius 1 is 1.29 bits per heavy atom. The Morgan fingerprint density at radius 2 is 1.96 bits per heavy atom. The number of benzene rings is 1. The quantitative estimate of drug-likeness (QED) is 0.881. The zero-order chi connectivity index (χ0) is 18.0. The van der Waals surface area contributed by atoms with Crippen LogP contribution >= 0.6 is 0 Å². The number of rotatable bonds is 5. The first kappa shape index (κ1) is 17.7. The molecule has 128 valence electrons. The van der Waals surface area contributed by atoms with E-state index >= 15 is 0 Å². The number of nitrogens with zero attached hydrogens (tertiary/aromatic N) is 2. The van der Waals surface area contributed by atoms with Gasteiger partial charge in [0.1, 0.15) is 5.82 Å². The summed E-state index contributed by atoms with van der Waals surface area (Å²) in [4.78, 5) is 24.0. The van der Waals surface area contributed by atoms with Gasteiger partial charge in [0.2, 0.25) is 0 Å². The second-order valence-corrected chi connectivity index (χ2v) is 5.94. The van der Waals surface area contributed by atoms with E-state index in [0.717, 1.165) is 0 Å². The Labute approximate surface area is 139 Å². The lowest BCUT2D eigenvalue weighted by atomic mass is 10.0. The van der Waals surface area contributed by atoms with Gasteiger partial charge in [-0.1, -0.05) is 12.1 Å². The van der Waals surface area contributed by atoms with E-state index in [4.69, 9.17) is 0 Å². The van der Waals surface area contributed by atoms with Crippen molar-refractivity contribution in [3.63, 3.8) is 0 Å². The zero-order valence-electron chi connectivity index (χ0n) is 14.0. The molecule has 1 atom stereocenters. The molecule has 2 N–H and O–H groups in total. The summed E-state index contributed by atoms with van der Waals surface area (Å²) in [6.07, 6.45) is 1.42. The largest absolute Gasteiger partial charge is 0.479 e. The topological polar surface area (TPSA) is 84.2 Å². The average molecular weight is 333 g/mol. The Kier molecular flexibility index (Phi) is 5.02. The highest BCUT2D eigenvalue weighted by molar-refractivity contribution is 5.97. The fourth-order valence-electron chi connectivity index (χ4n) is 2.51. The van der Waals surface area contributed by atoms with Crippen LogP contribution in [0.3, 0.4) is 0 Å². The highest BCUT2D eigenvalue weighted by Gasteiger charge is 2.25. The number of hydrogen-bond donors (Lipinski definition) is 2. The summed E-state index contributed by atoms with van der Waals surface area (Å²) < 4.78 is 15.1. The van der Waals surface area contributed by atoms with Gasteiger partial charge in [-0.15, -0.1) is 0 Å². The van der Waals surface area contributed by atoms with E-state index in [1.807, 2.05) is 13.8 Å². The number of carbonyl (C=O) groups excluding carboxylic acids is 1. The van der Waals surface area contributed by atoms with Crippen LogP contribution in [0.1, 0.15) is 53.1 Å². The average Bonchev–Trinajstić information content (AvgIpc) is 2.89. The van der Waals surface area contributed by atoms with Crippen molar-refractivity contribution >= 4 is 11.9 Å². The summed E-state index contributed by atoms with van der Waals surface area (Å²) in [5, 5.41) is 16.0. The summed E-state index contributed by atoms with van der Waals surface area (Å²) in [7, 11) is 0. The molecule has 0 saturated heterocycles. The maximum Gasteiger partial charge on any atom is 0.330 e. The number of carbonyl (C=O) groups is 2. The van der Waals surface area contributed by atoms with Gasteiger partial charge in [-0.2, -0.15) is 5.10 Å². The number of aryl methyl sites for hydroxylation is 1. The minimum absolute atomic E-state index is 0.0848. The van der Waals surface area contributed by atoms with E-state index in [2.05, 4.69) is 10.4 Å². The van der Waals surface area contributed by atoms with Crippen molar-refractivity contribution in [2.45, 2.75) is 39.8 Å². The van der Waals surface area contributed by atoms with Gasteiger partial charge in [0, 0.05) is 11.7 Å². The molecule has 0 bridgehead atoms. The standard InChI is InChI=1S/C17H20FN3O3/c1-9(2)21-11(4)13(8-19-21)16(22)20-15(17(23)24)12-5-6-14(18)10(3)7-12/h5-9,15H,1-4H3,(H,20,22)(H,23,24). The summed E-state index contributed by atoms with van der Waals surface area (Å²) in [6, 6.07) is 2.78. The highest BCUT2D eigenvalue weighted by atomic mass is 19.1. The van der Waals surface area contributed by atoms with Crippen LogP contribution in [0, 0.1) is 19.7 Å². The minimum atomic E-state index is -1.27. The summed E-state index contributed by atoms with van der Waals surface area (Å²) in [5.41, 5.74) is 1.59. The maximum absolute atomic E-state index is 13.4. The minimum Gasteiger partial charge on any atom is -0.479 e. The molecular weight excluding hydrogens is 313 g/mol. The molecule has 0 aliphatic rings. The molecule has 1 heterocycles. The van der Waals surface area contributed by atoms with Crippen molar-refractivity contribution in [3.05, 3.63) is 52.6 Å². The van der Waals surface area contributed by atoms with E-state index in [9.17, 15) is 19.1 Å². The Balaban J connectivity index is 2.29. The molecule has 2 aromatic rings. The van der Waals surface area contributed by atoms with Crippen LogP contribution in [-0.2, 0) is 4.79 Å². The van der Waals surface area contributed by atoms with Crippen LogP contribution in [0.25, 0.3) is 0 Å². The summed E-state index contributed by atoms with van der Waals surface area (Å²) in [6.45, 7) is 7.15. The van der Waals surface area contributed by atoms with E-state index < -0.39 is 23.7 Å². The van der Waals surface area contributed by atoms with E-state index in [1.54, 1.807) is 11.6 Å². The predicted octanol–water partition coefficient (Wildman–Crippen LogP) is 2.78.